The van der Waals surface area contributed by atoms with Gasteiger partial charge in [-0.05, 0) is 18.4 Å². The Labute approximate surface area is 141 Å². The number of carbonyl (C=O) groups is 3. The normalized spacial score (nSPS) is 14.1. The van der Waals surface area contributed by atoms with Crippen LogP contribution in [0, 0.1) is 5.92 Å². The van der Waals surface area contributed by atoms with E-state index in [1.54, 1.807) is 0 Å². The van der Waals surface area contributed by atoms with E-state index >= 15 is 0 Å². The first kappa shape index (κ1) is 19.5. The van der Waals surface area contributed by atoms with Gasteiger partial charge in [0.15, 0.2) is 0 Å². The molecule has 3 amide bonds. The highest BCUT2D eigenvalue weighted by Crippen LogP contribution is 2.09. The van der Waals surface area contributed by atoms with Gasteiger partial charge in [-0.2, -0.15) is 0 Å². The van der Waals surface area contributed by atoms with Crippen molar-refractivity contribution in [3.8, 4) is 0 Å². The van der Waals surface area contributed by atoms with Crippen LogP contribution in [-0.2, 0) is 20.9 Å². The van der Waals surface area contributed by atoms with E-state index in [-0.39, 0.29) is 12.5 Å². The molecule has 3 atom stereocenters. The highest BCUT2D eigenvalue weighted by atomic mass is 16.5. The Balaban J connectivity index is 2.63. The average molecular weight is 335 g/mol. The van der Waals surface area contributed by atoms with Gasteiger partial charge in [-0.15, -0.1) is 0 Å². The molecule has 0 heterocycles. The molecule has 1 aromatic carbocycles. The van der Waals surface area contributed by atoms with Crippen LogP contribution in [0.1, 0.15) is 32.8 Å². The maximum atomic E-state index is 12.3. The number of hydrogen-bond donors (Lipinski definition) is 3. The van der Waals surface area contributed by atoms with Crippen molar-refractivity contribution in [1.29, 1.82) is 0 Å². The Bertz CT molecular complexity index is 562. The highest BCUT2D eigenvalue weighted by molar-refractivity contribution is 5.90. The highest BCUT2D eigenvalue weighted by Gasteiger charge is 2.28. The van der Waals surface area contributed by atoms with E-state index in [0.717, 1.165) is 5.56 Å². The van der Waals surface area contributed by atoms with Crippen LogP contribution in [0.3, 0.4) is 0 Å². The van der Waals surface area contributed by atoms with Crippen LogP contribution >= 0.6 is 0 Å². The van der Waals surface area contributed by atoms with E-state index in [9.17, 15) is 14.4 Å². The summed E-state index contributed by atoms with van der Waals surface area (Å²) in [6.07, 6.45) is -0.0202. The lowest BCUT2D eigenvalue weighted by Gasteiger charge is -2.24. The van der Waals surface area contributed by atoms with Crippen molar-refractivity contribution >= 4 is 17.9 Å². The molecule has 0 aliphatic heterocycles. The van der Waals surface area contributed by atoms with Crippen molar-refractivity contribution in [1.82, 2.24) is 10.6 Å². The zero-order chi connectivity index (χ0) is 18.1. The summed E-state index contributed by atoms with van der Waals surface area (Å²) in [7, 11) is 0. The fourth-order valence-electron chi connectivity index (χ4n) is 1.97. The molecule has 0 aromatic heterocycles. The molecule has 0 bridgehead atoms. The van der Waals surface area contributed by atoms with Gasteiger partial charge in [0.25, 0.3) is 0 Å². The number of nitrogens with two attached hydrogens (primary N) is 1. The SMILES string of the molecule is CC[C@H](C)[C@@H](NC(=O)OCc1ccccc1)C(=O)N[C@@H](C)C(N)=O. The van der Waals surface area contributed by atoms with Crippen molar-refractivity contribution in [2.24, 2.45) is 11.7 Å². The lowest BCUT2D eigenvalue weighted by Crippen LogP contribution is -2.54. The molecule has 0 unspecified atom stereocenters. The van der Waals surface area contributed by atoms with Crippen molar-refractivity contribution in [3.63, 3.8) is 0 Å². The number of rotatable bonds is 8. The Kier molecular flexibility index (Phi) is 7.74. The molecule has 132 valence electrons. The van der Waals surface area contributed by atoms with Crippen LogP contribution in [-0.4, -0.2) is 30.0 Å². The largest absolute Gasteiger partial charge is 0.445 e. The molecule has 1 aromatic rings. The van der Waals surface area contributed by atoms with E-state index in [1.807, 2.05) is 44.2 Å². The molecule has 7 heteroatoms. The molecule has 0 fully saturated rings. The summed E-state index contributed by atoms with van der Waals surface area (Å²) in [4.78, 5) is 35.3. The average Bonchev–Trinajstić information content (AvgIpc) is 2.57. The fraction of sp³-hybridized carbons (Fsp3) is 0.471. The van der Waals surface area contributed by atoms with Gasteiger partial charge >= 0.3 is 6.09 Å². The summed E-state index contributed by atoms with van der Waals surface area (Å²) >= 11 is 0. The monoisotopic (exact) mass is 335 g/mol. The number of carbonyl (C=O) groups excluding carboxylic acids is 3. The fourth-order valence-corrected chi connectivity index (χ4v) is 1.97. The van der Waals surface area contributed by atoms with Gasteiger partial charge in [-0.3, -0.25) is 9.59 Å². The summed E-state index contributed by atoms with van der Waals surface area (Å²) in [5.74, 6) is -1.24. The molecule has 0 saturated carbocycles. The maximum Gasteiger partial charge on any atom is 0.408 e. The summed E-state index contributed by atoms with van der Waals surface area (Å²) in [5.41, 5.74) is 5.99. The number of alkyl carbamates (subject to hydrolysis) is 1. The van der Waals surface area contributed by atoms with Crippen LogP contribution in [0.4, 0.5) is 4.79 Å². The predicted molar refractivity (Wildman–Crippen MR) is 89.8 cm³/mol. The molecule has 7 nitrogen and oxygen atoms in total. The number of nitrogens with one attached hydrogen (secondary N) is 2. The van der Waals surface area contributed by atoms with Gasteiger partial charge < -0.3 is 21.1 Å². The van der Waals surface area contributed by atoms with E-state index in [2.05, 4.69) is 10.6 Å². The van der Waals surface area contributed by atoms with Gasteiger partial charge in [-0.25, -0.2) is 4.79 Å². The third-order valence-electron chi connectivity index (χ3n) is 3.77. The molecule has 1 rings (SSSR count). The Morgan fingerprint density at radius 1 is 1.12 bits per heavy atom. The third kappa shape index (κ3) is 6.28. The standard InChI is InChI=1S/C17H25N3O4/c1-4-11(2)14(16(22)19-12(3)15(18)21)20-17(23)24-10-13-8-6-5-7-9-13/h5-9,11-12,14H,4,10H2,1-3H3,(H2,18,21)(H,19,22)(H,20,23)/t11-,12-,14+/m0/s1. The Morgan fingerprint density at radius 2 is 1.75 bits per heavy atom. The van der Waals surface area contributed by atoms with Crippen molar-refractivity contribution < 1.29 is 19.1 Å². The summed E-state index contributed by atoms with van der Waals surface area (Å²) < 4.78 is 5.13. The van der Waals surface area contributed by atoms with E-state index in [0.29, 0.717) is 6.42 Å². The smallest absolute Gasteiger partial charge is 0.408 e. The second-order valence-electron chi connectivity index (χ2n) is 5.70. The minimum Gasteiger partial charge on any atom is -0.445 e. The number of hydrogen-bond acceptors (Lipinski definition) is 4. The number of primary amides is 1. The van der Waals surface area contributed by atoms with E-state index in [1.165, 1.54) is 6.92 Å². The number of benzene rings is 1. The van der Waals surface area contributed by atoms with Gasteiger partial charge in [-0.1, -0.05) is 50.6 Å². The number of ether oxygens (including phenoxy) is 1. The molecule has 24 heavy (non-hydrogen) atoms. The molecular weight excluding hydrogens is 310 g/mol. The van der Waals surface area contributed by atoms with Crippen LogP contribution < -0.4 is 16.4 Å². The van der Waals surface area contributed by atoms with Crippen molar-refractivity contribution in [3.05, 3.63) is 35.9 Å². The van der Waals surface area contributed by atoms with Gasteiger partial charge in [0.1, 0.15) is 18.7 Å². The summed E-state index contributed by atoms with van der Waals surface area (Å²) in [5, 5.41) is 5.05. The van der Waals surface area contributed by atoms with Crippen LogP contribution in [0.15, 0.2) is 30.3 Å². The third-order valence-corrected chi connectivity index (χ3v) is 3.77. The molecular formula is C17H25N3O4. The molecule has 0 aliphatic carbocycles. The van der Waals surface area contributed by atoms with E-state index in [4.69, 9.17) is 10.5 Å². The minimum absolute atomic E-state index is 0.110. The molecule has 0 saturated heterocycles. The quantitative estimate of drug-likeness (QED) is 0.665. The van der Waals surface area contributed by atoms with Crippen LogP contribution in [0.25, 0.3) is 0 Å². The Hall–Kier alpha value is -2.57. The van der Waals surface area contributed by atoms with Crippen LogP contribution in [0.2, 0.25) is 0 Å². The molecule has 4 N–H and O–H groups in total. The minimum atomic E-state index is -0.814. The first-order valence-electron chi connectivity index (χ1n) is 7.92. The topological polar surface area (TPSA) is 111 Å². The maximum absolute atomic E-state index is 12.3. The second kappa shape index (κ2) is 9.54. The molecule has 0 aliphatic rings. The first-order valence-corrected chi connectivity index (χ1v) is 7.92. The predicted octanol–water partition coefficient (Wildman–Crippen LogP) is 1.32. The van der Waals surface area contributed by atoms with Gasteiger partial charge in [0.05, 0.1) is 0 Å². The van der Waals surface area contributed by atoms with Gasteiger partial charge in [0.2, 0.25) is 11.8 Å². The zero-order valence-corrected chi connectivity index (χ0v) is 14.2. The van der Waals surface area contributed by atoms with E-state index < -0.39 is 30.0 Å². The zero-order valence-electron chi connectivity index (χ0n) is 14.2. The van der Waals surface area contributed by atoms with Gasteiger partial charge in [0, 0.05) is 0 Å². The van der Waals surface area contributed by atoms with Crippen LogP contribution in [0.5, 0.6) is 0 Å². The molecule has 0 spiro atoms. The first-order chi connectivity index (χ1) is 11.3. The Morgan fingerprint density at radius 3 is 2.29 bits per heavy atom. The lowest BCUT2D eigenvalue weighted by atomic mass is 9.98. The summed E-state index contributed by atoms with van der Waals surface area (Å²) in [6, 6.07) is 7.61. The summed E-state index contributed by atoms with van der Waals surface area (Å²) in [6.45, 7) is 5.33. The lowest BCUT2D eigenvalue weighted by molar-refractivity contribution is -0.129. The second-order valence-corrected chi connectivity index (χ2v) is 5.70. The molecule has 0 radical (unpaired) electrons. The number of amides is 3. The van der Waals surface area contributed by atoms with Crippen molar-refractivity contribution in [2.45, 2.75) is 45.9 Å². The van der Waals surface area contributed by atoms with Crippen molar-refractivity contribution in [2.75, 3.05) is 0 Å².